The molecule has 0 radical (unpaired) electrons. The van der Waals surface area contributed by atoms with Crippen LogP contribution in [0.15, 0.2) is 59.1 Å². The van der Waals surface area contributed by atoms with Crippen molar-refractivity contribution in [2.24, 2.45) is 7.05 Å². The summed E-state index contributed by atoms with van der Waals surface area (Å²) in [5, 5.41) is 14.6. The summed E-state index contributed by atoms with van der Waals surface area (Å²) >= 11 is 8.70. The maximum Gasteiger partial charge on any atom is 0.341 e. The van der Waals surface area contributed by atoms with E-state index in [0.717, 1.165) is 11.1 Å². The fourth-order valence-corrected chi connectivity index (χ4v) is 5.45. The first-order chi connectivity index (χ1) is 17.8. The number of carbonyl (C=O) groups excluding carboxylic acids is 2. The van der Waals surface area contributed by atoms with Gasteiger partial charge in [0.2, 0.25) is 5.91 Å². The predicted octanol–water partition coefficient (Wildman–Crippen LogP) is 6.16. The molecule has 0 saturated heterocycles. The van der Waals surface area contributed by atoms with Crippen molar-refractivity contribution in [1.82, 2.24) is 14.8 Å². The molecule has 4 aromatic rings. The Kier molecular flexibility index (Phi) is 8.52. The lowest BCUT2D eigenvalue weighted by atomic mass is 10.0. The van der Waals surface area contributed by atoms with Gasteiger partial charge in [-0.1, -0.05) is 65.3 Å². The van der Waals surface area contributed by atoms with Crippen LogP contribution in [0, 0.1) is 6.92 Å². The number of aromatic nitrogens is 3. The van der Waals surface area contributed by atoms with Crippen LogP contribution in [0.1, 0.15) is 34.8 Å². The summed E-state index contributed by atoms with van der Waals surface area (Å²) in [6.45, 7) is 3.85. The second kappa shape index (κ2) is 11.8. The number of nitrogens with one attached hydrogen (secondary N) is 1. The van der Waals surface area contributed by atoms with Gasteiger partial charge in [-0.25, -0.2) is 4.79 Å². The summed E-state index contributed by atoms with van der Waals surface area (Å²) in [5.74, 6) is 0.430. The molecule has 0 saturated carbocycles. The molecule has 11 heteroatoms. The number of benzene rings is 2. The van der Waals surface area contributed by atoms with E-state index in [4.69, 9.17) is 21.1 Å². The number of amides is 1. The minimum atomic E-state index is -0.509. The van der Waals surface area contributed by atoms with Crippen molar-refractivity contribution in [3.8, 4) is 16.9 Å². The molecule has 2 heterocycles. The molecule has 0 aliphatic rings. The van der Waals surface area contributed by atoms with E-state index in [1.54, 1.807) is 16.7 Å². The first-order valence-electron chi connectivity index (χ1n) is 11.3. The van der Waals surface area contributed by atoms with Crippen LogP contribution in [0.25, 0.3) is 11.1 Å². The minimum absolute atomic E-state index is 0.0735. The van der Waals surface area contributed by atoms with Crippen LogP contribution in [-0.2, 0) is 16.6 Å². The van der Waals surface area contributed by atoms with Gasteiger partial charge in [-0.15, -0.1) is 21.5 Å². The highest BCUT2D eigenvalue weighted by molar-refractivity contribution is 7.99. The fraction of sp³-hybridized carbons (Fsp3) is 0.231. The summed E-state index contributed by atoms with van der Waals surface area (Å²) in [6.07, 6.45) is -0.408. The van der Waals surface area contributed by atoms with Crippen LogP contribution in [-0.4, -0.2) is 39.5 Å². The smallest absolute Gasteiger partial charge is 0.341 e. The lowest BCUT2D eigenvalue weighted by Gasteiger charge is -2.15. The van der Waals surface area contributed by atoms with E-state index >= 15 is 0 Å². The van der Waals surface area contributed by atoms with E-state index in [9.17, 15) is 9.59 Å². The van der Waals surface area contributed by atoms with Crippen molar-refractivity contribution in [3.05, 3.63) is 75.9 Å². The van der Waals surface area contributed by atoms with Gasteiger partial charge in [0.1, 0.15) is 16.3 Å². The van der Waals surface area contributed by atoms with Crippen molar-refractivity contribution in [1.29, 1.82) is 0 Å². The van der Waals surface area contributed by atoms with Crippen molar-refractivity contribution in [3.63, 3.8) is 0 Å². The molecule has 8 nitrogen and oxygen atoms in total. The summed E-state index contributed by atoms with van der Waals surface area (Å²) in [4.78, 5) is 25.4. The monoisotopic (exact) mass is 556 g/mol. The predicted molar refractivity (Wildman–Crippen MR) is 147 cm³/mol. The van der Waals surface area contributed by atoms with E-state index in [2.05, 4.69) is 15.5 Å². The molecular weight excluding hydrogens is 532 g/mol. The zero-order chi connectivity index (χ0) is 26.5. The summed E-state index contributed by atoms with van der Waals surface area (Å²) in [5.41, 5.74) is 3.03. The van der Waals surface area contributed by atoms with Crippen LogP contribution >= 0.6 is 34.7 Å². The molecule has 1 amide bonds. The second-order valence-corrected chi connectivity index (χ2v) is 10.4. The Morgan fingerprint density at radius 3 is 2.59 bits per heavy atom. The average molecular weight is 557 g/mol. The maximum absolute atomic E-state index is 12.8. The molecule has 1 N–H and O–H groups in total. The number of hydrogen-bond acceptors (Lipinski definition) is 8. The third-order valence-electron chi connectivity index (χ3n) is 5.50. The Morgan fingerprint density at radius 1 is 1.16 bits per heavy atom. The first kappa shape index (κ1) is 26.7. The van der Waals surface area contributed by atoms with Gasteiger partial charge in [-0.2, -0.15) is 0 Å². The number of para-hydroxylation sites is 1. The molecular formula is C26H25ClN4O4S2. The Hall–Kier alpha value is -3.34. The standard InChI is InChI=1S/C26H25ClN4O4S2/c1-15-9-11-17(12-10-15)18-13-36-24(22(18)25(33)34-4)28-21(32)14-37-26-30-29-23(31(26)3)16(2)35-20-8-6-5-7-19(20)27/h5-13,16H,14H2,1-4H3,(H,28,32). The van der Waals surface area contributed by atoms with Crippen LogP contribution in [0.4, 0.5) is 5.00 Å². The average Bonchev–Trinajstić information content (AvgIpc) is 3.47. The van der Waals surface area contributed by atoms with Gasteiger partial charge in [0.15, 0.2) is 17.1 Å². The van der Waals surface area contributed by atoms with E-state index < -0.39 is 12.1 Å². The maximum atomic E-state index is 12.8. The number of aryl methyl sites for hydroxylation is 1. The number of anilines is 1. The number of carbonyl (C=O) groups is 2. The second-order valence-electron chi connectivity index (χ2n) is 8.14. The molecule has 1 atom stereocenters. The zero-order valence-corrected chi connectivity index (χ0v) is 23.0. The largest absolute Gasteiger partial charge is 0.481 e. The van der Waals surface area contributed by atoms with Crippen LogP contribution in [0.3, 0.4) is 0 Å². The van der Waals surface area contributed by atoms with Crippen LogP contribution in [0.5, 0.6) is 5.75 Å². The fourth-order valence-electron chi connectivity index (χ4n) is 3.58. The number of ether oxygens (including phenoxy) is 2. The van der Waals surface area contributed by atoms with Crippen molar-refractivity contribution < 1.29 is 19.1 Å². The van der Waals surface area contributed by atoms with Gasteiger partial charge in [-0.05, 0) is 31.5 Å². The normalized spacial score (nSPS) is 11.7. The molecule has 2 aromatic carbocycles. The minimum Gasteiger partial charge on any atom is -0.481 e. The zero-order valence-electron chi connectivity index (χ0n) is 20.6. The van der Waals surface area contributed by atoms with Crippen molar-refractivity contribution >= 4 is 51.6 Å². The first-order valence-corrected chi connectivity index (χ1v) is 13.5. The number of thiophene rings is 1. The van der Waals surface area contributed by atoms with Gasteiger partial charge in [0, 0.05) is 18.0 Å². The molecule has 192 valence electrons. The Bertz CT molecular complexity index is 1420. The van der Waals surface area contributed by atoms with E-state index in [1.165, 1.54) is 30.2 Å². The molecule has 0 fully saturated rings. The van der Waals surface area contributed by atoms with E-state index in [0.29, 0.717) is 37.9 Å². The number of methoxy groups -OCH3 is 1. The molecule has 0 bridgehead atoms. The molecule has 1 unspecified atom stereocenters. The Morgan fingerprint density at radius 2 is 1.89 bits per heavy atom. The third kappa shape index (κ3) is 6.15. The van der Waals surface area contributed by atoms with E-state index in [-0.39, 0.29) is 11.7 Å². The lowest BCUT2D eigenvalue weighted by Crippen LogP contribution is -2.16. The highest BCUT2D eigenvalue weighted by atomic mass is 35.5. The quantitative estimate of drug-likeness (QED) is 0.195. The topological polar surface area (TPSA) is 95.3 Å². The van der Waals surface area contributed by atoms with Gasteiger partial charge in [0.05, 0.1) is 17.9 Å². The highest BCUT2D eigenvalue weighted by Gasteiger charge is 2.23. The number of halogens is 1. The van der Waals surface area contributed by atoms with Gasteiger partial charge in [-0.3, -0.25) is 4.79 Å². The SMILES string of the molecule is COC(=O)c1c(-c2ccc(C)cc2)csc1NC(=O)CSc1nnc(C(C)Oc2ccccc2Cl)n1C. The van der Waals surface area contributed by atoms with Gasteiger partial charge < -0.3 is 19.4 Å². The highest BCUT2D eigenvalue weighted by Crippen LogP contribution is 2.36. The number of nitrogens with zero attached hydrogens (tertiary/aromatic N) is 3. The molecule has 37 heavy (non-hydrogen) atoms. The molecule has 2 aromatic heterocycles. The van der Waals surface area contributed by atoms with Gasteiger partial charge >= 0.3 is 5.97 Å². The number of thioether (sulfide) groups is 1. The molecule has 0 aliphatic heterocycles. The van der Waals surface area contributed by atoms with Crippen molar-refractivity contribution in [2.45, 2.75) is 25.1 Å². The Labute approximate surface area is 228 Å². The van der Waals surface area contributed by atoms with Gasteiger partial charge in [0.25, 0.3) is 0 Å². The number of hydrogen-bond donors (Lipinski definition) is 1. The Balaban J connectivity index is 1.43. The molecule has 0 aliphatic carbocycles. The van der Waals surface area contributed by atoms with Crippen molar-refractivity contribution in [2.75, 3.05) is 18.2 Å². The summed E-state index contributed by atoms with van der Waals surface area (Å²) in [7, 11) is 3.13. The number of rotatable bonds is 9. The molecule has 0 spiro atoms. The summed E-state index contributed by atoms with van der Waals surface area (Å²) in [6, 6.07) is 15.0. The summed E-state index contributed by atoms with van der Waals surface area (Å²) < 4.78 is 12.7. The van der Waals surface area contributed by atoms with Crippen LogP contribution in [0.2, 0.25) is 5.02 Å². The molecule has 4 rings (SSSR count). The lowest BCUT2D eigenvalue weighted by molar-refractivity contribution is -0.113. The van der Waals surface area contributed by atoms with Crippen LogP contribution < -0.4 is 10.1 Å². The third-order valence-corrected chi connectivity index (χ3v) is 7.73. The number of esters is 1. The van der Waals surface area contributed by atoms with E-state index in [1.807, 2.05) is 62.7 Å².